The van der Waals surface area contributed by atoms with Crippen LogP contribution in [0.25, 0.3) is 0 Å². The maximum Gasteiger partial charge on any atom is 0.224 e. The highest BCUT2D eigenvalue weighted by Crippen LogP contribution is 2.25. The van der Waals surface area contributed by atoms with E-state index in [1.807, 2.05) is 0 Å². The summed E-state index contributed by atoms with van der Waals surface area (Å²) in [6.07, 6.45) is 2.40. The molecule has 0 radical (unpaired) electrons. The SMILES string of the molecule is COc1ccc(N)c(NC(=O)CC2CCOCC2)c1.Cl. The number of hydrogen-bond donors (Lipinski definition) is 2. The number of nitrogens with two attached hydrogens (primary N) is 1. The average molecular weight is 301 g/mol. The molecular formula is C14H21ClN2O3. The number of anilines is 2. The van der Waals surface area contributed by atoms with Crippen molar-refractivity contribution in [3.05, 3.63) is 18.2 Å². The number of carbonyl (C=O) groups is 1. The summed E-state index contributed by atoms with van der Waals surface area (Å²) in [7, 11) is 1.58. The Kier molecular flexibility index (Phi) is 6.61. The van der Waals surface area contributed by atoms with Gasteiger partial charge in [-0.15, -0.1) is 12.4 Å². The predicted octanol–water partition coefficient (Wildman–Crippen LogP) is 2.45. The van der Waals surface area contributed by atoms with Gasteiger partial charge in [0, 0.05) is 25.7 Å². The van der Waals surface area contributed by atoms with E-state index >= 15 is 0 Å². The van der Waals surface area contributed by atoms with Crippen LogP contribution in [0, 0.1) is 5.92 Å². The first-order valence-corrected chi connectivity index (χ1v) is 6.50. The molecule has 0 atom stereocenters. The number of carbonyl (C=O) groups excluding carboxylic acids is 1. The Hall–Kier alpha value is -1.46. The van der Waals surface area contributed by atoms with Crippen LogP contribution in [-0.4, -0.2) is 26.2 Å². The van der Waals surface area contributed by atoms with E-state index in [1.54, 1.807) is 25.3 Å². The van der Waals surface area contributed by atoms with Gasteiger partial charge in [0.05, 0.1) is 18.5 Å². The molecule has 20 heavy (non-hydrogen) atoms. The molecule has 3 N–H and O–H groups in total. The third kappa shape index (κ3) is 4.58. The number of hydrogen-bond acceptors (Lipinski definition) is 4. The summed E-state index contributed by atoms with van der Waals surface area (Å²) in [4.78, 5) is 12.0. The zero-order chi connectivity index (χ0) is 13.7. The number of nitrogen functional groups attached to an aromatic ring is 1. The first-order chi connectivity index (χ1) is 9.19. The highest BCUT2D eigenvalue weighted by atomic mass is 35.5. The van der Waals surface area contributed by atoms with E-state index < -0.39 is 0 Å². The summed E-state index contributed by atoms with van der Waals surface area (Å²) in [5.74, 6) is 1.07. The lowest BCUT2D eigenvalue weighted by Crippen LogP contribution is -2.22. The minimum Gasteiger partial charge on any atom is -0.497 e. The molecule has 112 valence electrons. The molecule has 0 spiro atoms. The molecule has 1 aromatic rings. The van der Waals surface area contributed by atoms with E-state index in [1.165, 1.54) is 0 Å². The molecule has 1 amide bonds. The minimum absolute atomic E-state index is 0. The van der Waals surface area contributed by atoms with E-state index in [0.717, 1.165) is 26.1 Å². The molecule has 0 unspecified atom stereocenters. The lowest BCUT2D eigenvalue weighted by Gasteiger charge is -2.21. The Balaban J connectivity index is 0.00000200. The lowest BCUT2D eigenvalue weighted by atomic mass is 9.96. The predicted molar refractivity (Wildman–Crippen MR) is 81.4 cm³/mol. The number of rotatable bonds is 4. The average Bonchev–Trinajstić information content (AvgIpc) is 2.42. The normalized spacial score (nSPS) is 15.2. The maximum absolute atomic E-state index is 12.0. The van der Waals surface area contributed by atoms with Gasteiger partial charge in [0.15, 0.2) is 0 Å². The van der Waals surface area contributed by atoms with E-state index in [-0.39, 0.29) is 18.3 Å². The van der Waals surface area contributed by atoms with Gasteiger partial charge in [-0.1, -0.05) is 0 Å². The van der Waals surface area contributed by atoms with Gasteiger partial charge in [0.2, 0.25) is 5.91 Å². The van der Waals surface area contributed by atoms with Gasteiger partial charge in [0.25, 0.3) is 0 Å². The smallest absolute Gasteiger partial charge is 0.224 e. The van der Waals surface area contributed by atoms with Crippen LogP contribution in [0.2, 0.25) is 0 Å². The second kappa shape index (κ2) is 7.97. The Morgan fingerprint density at radius 2 is 2.15 bits per heavy atom. The van der Waals surface area contributed by atoms with Gasteiger partial charge >= 0.3 is 0 Å². The first kappa shape index (κ1) is 16.6. The monoisotopic (exact) mass is 300 g/mol. The highest BCUT2D eigenvalue weighted by Gasteiger charge is 2.18. The lowest BCUT2D eigenvalue weighted by molar-refractivity contribution is -0.117. The standard InChI is InChI=1S/C14H20N2O3.ClH/c1-18-11-2-3-12(15)13(9-11)16-14(17)8-10-4-6-19-7-5-10;/h2-3,9-10H,4-8,15H2,1H3,(H,16,17);1H. The summed E-state index contributed by atoms with van der Waals surface area (Å²) in [6, 6.07) is 5.23. The van der Waals surface area contributed by atoms with Crippen LogP contribution < -0.4 is 15.8 Å². The van der Waals surface area contributed by atoms with Gasteiger partial charge in [-0.2, -0.15) is 0 Å². The quantitative estimate of drug-likeness (QED) is 0.838. The van der Waals surface area contributed by atoms with E-state index in [2.05, 4.69) is 5.32 Å². The van der Waals surface area contributed by atoms with Crippen molar-refractivity contribution < 1.29 is 14.3 Å². The molecule has 2 rings (SSSR count). The summed E-state index contributed by atoms with van der Waals surface area (Å²) in [5.41, 5.74) is 6.99. The number of benzene rings is 1. The van der Waals surface area contributed by atoms with E-state index in [9.17, 15) is 4.79 Å². The van der Waals surface area contributed by atoms with Gasteiger partial charge in [0.1, 0.15) is 5.75 Å². The summed E-state index contributed by atoms with van der Waals surface area (Å²) in [5, 5.41) is 2.85. The molecule has 6 heteroatoms. The number of halogens is 1. The summed E-state index contributed by atoms with van der Waals surface area (Å²) in [6.45, 7) is 1.50. The van der Waals surface area contributed by atoms with Crippen molar-refractivity contribution in [2.75, 3.05) is 31.4 Å². The van der Waals surface area contributed by atoms with Crippen molar-refractivity contribution in [3.63, 3.8) is 0 Å². The van der Waals surface area contributed by atoms with Gasteiger partial charge in [-0.3, -0.25) is 4.79 Å². The van der Waals surface area contributed by atoms with Gasteiger partial charge in [-0.05, 0) is 30.9 Å². The Bertz CT molecular complexity index is 448. The molecular weight excluding hydrogens is 280 g/mol. The first-order valence-electron chi connectivity index (χ1n) is 6.50. The molecule has 1 heterocycles. The zero-order valence-electron chi connectivity index (χ0n) is 11.6. The fourth-order valence-corrected chi connectivity index (χ4v) is 2.18. The third-order valence-electron chi connectivity index (χ3n) is 3.35. The van der Waals surface area contributed by atoms with Crippen molar-refractivity contribution in [1.29, 1.82) is 0 Å². The van der Waals surface area contributed by atoms with Gasteiger partial charge < -0.3 is 20.5 Å². The van der Waals surface area contributed by atoms with Crippen LogP contribution in [0.5, 0.6) is 5.75 Å². The number of nitrogens with one attached hydrogen (secondary N) is 1. The fourth-order valence-electron chi connectivity index (χ4n) is 2.18. The molecule has 0 aliphatic carbocycles. The number of amides is 1. The van der Waals surface area contributed by atoms with Crippen LogP contribution in [0.1, 0.15) is 19.3 Å². The molecule has 1 aliphatic heterocycles. The number of ether oxygens (including phenoxy) is 2. The van der Waals surface area contributed by atoms with E-state index in [0.29, 0.717) is 29.5 Å². The zero-order valence-corrected chi connectivity index (χ0v) is 12.4. The molecule has 0 saturated carbocycles. The molecule has 1 saturated heterocycles. The minimum atomic E-state index is -0.00754. The van der Waals surface area contributed by atoms with Crippen LogP contribution in [-0.2, 0) is 9.53 Å². The second-order valence-electron chi connectivity index (χ2n) is 4.76. The molecule has 5 nitrogen and oxygen atoms in total. The van der Waals surface area contributed by atoms with Gasteiger partial charge in [-0.25, -0.2) is 0 Å². The Morgan fingerprint density at radius 3 is 2.80 bits per heavy atom. The third-order valence-corrected chi connectivity index (χ3v) is 3.35. The second-order valence-corrected chi connectivity index (χ2v) is 4.76. The van der Waals surface area contributed by atoms with Crippen molar-refractivity contribution >= 4 is 29.7 Å². The number of methoxy groups -OCH3 is 1. The fraction of sp³-hybridized carbons (Fsp3) is 0.500. The topological polar surface area (TPSA) is 73.6 Å². The van der Waals surface area contributed by atoms with Crippen molar-refractivity contribution in [2.24, 2.45) is 5.92 Å². The molecule has 0 bridgehead atoms. The summed E-state index contributed by atoms with van der Waals surface area (Å²) >= 11 is 0. The van der Waals surface area contributed by atoms with Crippen molar-refractivity contribution in [3.8, 4) is 5.75 Å². The van der Waals surface area contributed by atoms with Crippen molar-refractivity contribution in [2.45, 2.75) is 19.3 Å². The van der Waals surface area contributed by atoms with Crippen molar-refractivity contribution in [1.82, 2.24) is 0 Å². The Morgan fingerprint density at radius 1 is 1.45 bits per heavy atom. The van der Waals surface area contributed by atoms with Crippen LogP contribution in [0.3, 0.4) is 0 Å². The molecule has 1 fully saturated rings. The van der Waals surface area contributed by atoms with E-state index in [4.69, 9.17) is 15.2 Å². The van der Waals surface area contributed by atoms with Crippen LogP contribution in [0.4, 0.5) is 11.4 Å². The van der Waals surface area contributed by atoms with Crippen LogP contribution >= 0.6 is 12.4 Å². The highest BCUT2D eigenvalue weighted by molar-refractivity contribution is 5.94. The van der Waals surface area contributed by atoms with Crippen LogP contribution in [0.15, 0.2) is 18.2 Å². The largest absolute Gasteiger partial charge is 0.497 e. The molecule has 1 aliphatic rings. The molecule has 1 aromatic carbocycles. The maximum atomic E-state index is 12.0. The summed E-state index contributed by atoms with van der Waals surface area (Å²) < 4.78 is 10.4. The molecule has 0 aromatic heterocycles. The Labute approximate surface area is 125 Å².